The molecule has 1 aromatic carbocycles. The summed E-state index contributed by atoms with van der Waals surface area (Å²) < 4.78 is 53.6. The molecule has 2 atom stereocenters. The molecule has 2 N–H and O–H groups in total. The van der Waals surface area contributed by atoms with Gasteiger partial charge >= 0.3 is 0 Å². The van der Waals surface area contributed by atoms with E-state index in [1.54, 1.807) is 0 Å². The van der Waals surface area contributed by atoms with Gasteiger partial charge in [-0.15, -0.1) is 0 Å². The highest BCUT2D eigenvalue weighted by Gasteiger charge is 2.39. The molecule has 2 unspecified atom stereocenters. The average Bonchev–Trinajstić information content (AvgIpc) is 2.37. The van der Waals surface area contributed by atoms with Crippen LogP contribution in [0.4, 0.5) is 8.78 Å². The molecule has 2 rings (SSSR count). The van der Waals surface area contributed by atoms with Crippen molar-refractivity contribution in [1.82, 2.24) is 4.72 Å². The molecule has 118 valence electrons. The van der Waals surface area contributed by atoms with Crippen molar-refractivity contribution in [2.45, 2.75) is 43.0 Å². The van der Waals surface area contributed by atoms with Crippen molar-refractivity contribution in [2.24, 2.45) is 5.92 Å². The van der Waals surface area contributed by atoms with Gasteiger partial charge in [-0.25, -0.2) is 21.9 Å². The SMILES string of the molecule is CC1CCCC(CO)(NS(=O)(=O)c2ccc(F)cc2F)C1. The van der Waals surface area contributed by atoms with Gasteiger partial charge in [0.1, 0.15) is 16.5 Å². The highest BCUT2D eigenvalue weighted by atomic mass is 32.2. The molecule has 1 aliphatic rings. The van der Waals surface area contributed by atoms with Crippen molar-refractivity contribution in [1.29, 1.82) is 0 Å². The van der Waals surface area contributed by atoms with E-state index in [0.29, 0.717) is 18.9 Å². The van der Waals surface area contributed by atoms with Gasteiger partial charge in [0.25, 0.3) is 0 Å². The second-order valence-electron chi connectivity index (χ2n) is 5.82. The Morgan fingerprint density at radius 3 is 2.71 bits per heavy atom. The monoisotopic (exact) mass is 319 g/mol. The molecule has 1 aromatic rings. The molecule has 0 aromatic heterocycles. The molecule has 0 saturated heterocycles. The summed E-state index contributed by atoms with van der Waals surface area (Å²) in [6.45, 7) is 1.63. The van der Waals surface area contributed by atoms with Crippen LogP contribution in [0.3, 0.4) is 0 Å². The fourth-order valence-electron chi connectivity index (χ4n) is 2.96. The Bertz CT molecular complexity index is 621. The van der Waals surface area contributed by atoms with E-state index < -0.39 is 32.1 Å². The second kappa shape index (κ2) is 5.98. The lowest BCUT2D eigenvalue weighted by atomic mass is 9.78. The summed E-state index contributed by atoms with van der Waals surface area (Å²) in [4.78, 5) is -0.602. The number of halogens is 2. The van der Waals surface area contributed by atoms with Gasteiger partial charge in [0.05, 0.1) is 12.1 Å². The zero-order valence-corrected chi connectivity index (χ0v) is 12.6. The molecule has 1 aliphatic carbocycles. The van der Waals surface area contributed by atoms with Crippen molar-refractivity contribution >= 4 is 10.0 Å². The predicted molar refractivity (Wildman–Crippen MR) is 74.1 cm³/mol. The number of sulfonamides is 1. The van der Waals surface area contributed by atoms with E-state index >= 15 is 0 Å². The van der Waals surface area contributed by atoms with Crippen LogP contribution >= 0.6 is 0 Å². The number of nitrogens with one attached hydrogen (secondary N) is 1. The molecule has 1 saturated carbocycles. The van der Waals surface area contributed by atoms with Crippen LogP contribution in [0, 0.1) is 17.6 Å². The first-order valence-electron chi connectivity index (χ1n) is 6.88. The fourth-order valence-corrected chi connectivity index (χ4v) is 4.45. The van der Waals surface area contributed by atoms with Crippen LogP contribution in [0.2, 0.25) is 0 Å². The third-order valence-electron chi connectivity index (χ3n) is 3.93. The van der Waals surface area contributed by atoms with Crippen molar-refractivity contribution in [3.8, 4) is 0 Å². The molecule has 4 nitrogen and oxygen atoms in total. The molecule has 0 radical (unpaired) electrons. The standard InChI is InChI=1S/C14H19F2NO3S/c1-10-3-2-6-14(8-10,9-18)17-21(19,20)13-5-4-11(15)7-12(13)16/h4-5,7,10,17-18H,2-3,6,8-9H2,1H3. The number of aliphatic hydroxyl groups excluding tert-OH is 1. The first kappa shape index (κ1) is 16.3. The van der Waals surface area contributed by atoms with Crippen molar-refractivity contribution in [3.63, 3.8) is 0 Å². The molecular weight excluding hydrogens is 300 g/mol. The first-order chi connectivity index (χ1) is 9.78. The van der Waals surface area contributed by atoms with Gasteiger partial charge in [-0.05, 0) is 30.9 Å². The second-order valence-corrected chi connectivity index (χ2v) is 7.47. The Hall–Kier alpha value is -1.05. The quantitative estimate of drug-likeness (QED) is 0.894. The van der Waals surface area contributed by atoms with Gasteiger partial charge in [-0.1, -0.05) is 19.8 Å². The summed E-state index contributed by atoms with van der Waals surface area (Å²) in [5.74, 6) is -1.71. The zero-order valence-electron chi connectivity index (χ0n) is 11.8. The van der Waals surface area contributed by atoms with Gasteiger partial charge in [0.15, 0.2) is 0 Å². The van der Waals surface area contributed by atoms with Crippen LogP contribution in [0.1, 0.15) is 32.6 Å². The summed E-state index contributed by atoms with van der Waals surface area (Å²) in [7, 11) is -4.15. The van der Waals surface area contributed by atoms with Gasteiger partial charge < -0.3 is 5.11 Å². The van der Waals surface area contributed by atoms with E-state index in [1.165, 1.54) is 0 Å². The lowest BCUT2D eigenvalue weighted by Crippen LogP contribution is -2.53. The van der Waals surface area contributed by atoms with E-state index in [-0.39, 0.29) is 12.5 Å². The summed E-state index contributed by atoms with van der Waals surface area (Å²) in [6.07, 6.45) is 2.74. The van der Waals surface area contributed by atoms with Crippen LogP contribution < -0.4 is 4.72 Å². The lowest BCUT2D eigenvalue weighted by molar-refractivity contribution is 0.119. The van der Waals surface area contributed by atoms with Gasteiger partial charge in [0.2, 0.25) is 10.0 Å². The summed E-state index contributed by atoms with van der Waals surface area (Å²) in [6, 6.07) is 2.32. The maximum atomic E-state index is 13.7. The van der Waals surface area contributed by atoms with E-state index in [2.05, 4.69) is 4.72 Å². The van der Waals surface area contributed by atoms with Crippen LogP contribution in [-0.4, -0.2) is 25.7 Å². The first-order valence-corrected chi connectivity index (χ1v) is 8.36. The van der Waals surface area contributed by atoms with Crippen LogP contribution in [-0.2, 0) is 10.0 Å². The average molecular weight is 319 g/mol. The normalized spacial score (nSPS) is 26.8. The Balaban J connectivity index is 2.31. The van der Waals surface area contributed by atoms with E-state index in [1.807, 2.05) is 6.92 Å². The third-order valence-corrected chi connectivity index (χ3v) is 5.54. The van der Waals surface area contributed by atoms with Crippen molar-refractivity contribution in [3.05, 3.63) is 29.8 Å². The van der Waals surface area contributed by atoms with Crippen molar-refractivity contribution < 1.29 is 22.3 Å². The van der Waals surface area contributed by atoms with Crippen molar-refractivity contribution in [2.75, 3.05) is 6.61 Å². The minimum Gasteiger partial charge on any atom is -0.394 e. The Labute approximate surface area is 123 Å². The lowest BCUT2D eigenvalue weighted by Gasteiger charge is -2.39. The highest BCUT2D eigenvalue weighted by Crippen LogP contribution is 2.33. The number of aliphatic hydroxyl groups is 1. The molecule has 21 heavy (non-hydrogen) atoms. The highest BCUT2D eigenvalue weighted by molar-refractivity contribution is 7.89. The van der Waals surface area contributed by atoms with Crippen LogP contribution in [0.25, 0.3) is 0 Å². The minimum atomic E-state index is -4.15. The fraction of sp³-hybridized carbons (Fsp3) is 0.571. The number of benzene rings is 1. The largest absolute Gasteiger partial charge is 0.394 e. The Kier molecular flexibility index (Phi) is 4.65. The van der Waals surface area contributed by atoms with Gasteiger partial charge in [-0.3, -0.25) is 0 Å². The maximum Gasteiger partial charge on any atom is 0.244 e. The van der Waals surface area contributed by atoms with E-state index in [9.17, 15) is 22.3 Å². The molecule has 1 fully saturated rings. The van der Waals surface area contributed by atoms with Crippen LogP contribution in [0.15, 0.2) is 23.1 Å². The zero-order chi connectivity index (χ0) is 15.7. The van der Waals surface area contributed by atoms with Gasteiger partial charge in [0, 0.05) is 6.07 Å². The molecule has 0 heterocycles. The number of hydrogen-bond donors (Lipinski definition) is 2. The number of rotatable bonds is 4. The summed E-state index contributed by atoms with van der Waals surface area (Å²) in [5, 5.41) is 9.60. The smallest absolute Gasteiger partial charge is 0.244 e. The topological polar surface area (TPSA) is 66.4 Å². The summed E-state index contributed by atoms with van der Waals surface area (Å²) in [5.41, 5.74) is -0.975. The molecule has 7 heteroatoms. The Morgan fingerprint density at radius 2 is 2.14 bits per heavy atom. The summed E-state index contributed by atoms with van der Waals surface area (Å²) >= 11 is 0. The van der Waals surface area contributed by atoms with E-state index in [4.69, 9.17) is 0 Å². The number of hydrogen-bond acceptors (Lipinski definition) is 3. The Morgan fingerprint density at radius 1 is 1.43 bits per heavy atom. The molecular formula is C14H19F2NO3S. The minimum absolute atomic E-state index is 0.270. The van der Waals surface area contributed by atoms with Crippen LogP contribution in [0.5, 0.6) is 0 Å². The molecule has 0 aliphatic heterocycles. The molecule has 0 amide bonds. The third kappa shape index (κ3) is 3.59. The van der Waals surface area contributed by atoms with E-state index in [0.717, 1.165) is 25.0 Å². The molecule has 0 spiro atoms. The predicted octanol–water partition coefficient (Wildman–Crippen LogP) is 2.18. The van der Waals surface area contributed by atoms with Gasteiger partial charge in [-0.2, -0.15) is 0 Å². The maximum absolute atomic E-state index is 13.7. The molecule has 0 bridgehead atoms.